The van der Waals surface area contributed by atoms with Crippen LogP contribution in [0.4, 0.5) is 0 Å². The summed E-state index contributed by atoms with van der Waals surface area (Å²) in [6.07, 6.45) is 3.20. The van der Waals surface area contributed by atoms with Gasteiger partial charge in [0.2, 0.25) is 0 Å². The van der Waals surface area contributed by atoms with Crippen molar-refractivity contribution in [1.82, 2.24) is 0 Å². The molecule has 4 rings (SSSR count). The van der Waals surface area contributed by atoms with Crippen LogP contribution in [-0.4, -0.2) is 16.8 Å². The van der Waals surface area contributed by atoms with E-state index in [1.165, 1.54) is 0 Å². The van der Waals surface area contributed by atoms with Gasteiger partial charge in [-0.05, 0) is 57.6 Å². The Morgan fingerprint density at radius 1 is 0.769 bits per heavy atom. The maximum absolute atomic E-state index is 10.5. The molecule has 0 aliphatic heterocycles. The van der Waals surface area contributed by atoms with Crippen LogP contribution in [0, 0.1) is 0 Å². The number of unbranched alkanes of at least 4 members (excludes halogenated alkanes) is 2. The molecule has 132 valence electrons. The molecule has 0 saturated heterocycles. The van der Waals surface area contributed by atoms with Crippen molar-refractivity contribution >= 4 is 32.3 Å². The summed E-state index contributed by atoms with van der Waals surface area (Å²) in [5.74, 6) is 0.957. The highest BCUT2D eigenvalue weighted by Gasteiger charge is 2.16. The van der Waals surface area contributed by atoms with Gasteiger partial charge in [-0.1, -0.05) is 50.1 Å². The van der Waals surface area contributed by atoms with E-state index in [-0.39, 0.29) is 11.5 Å². The second-order valence-electron chi connectivity index (χ2n) is 6.67. The summed E-state index contributed by atoms with van der Waals surface area (Å²) in [5, 5.41) is 26.5. The minimum atomic E-state index is 0.164. The molecule has 0 saturated carbocycles. The SMILES string of the molecule is CCCCCOc1c(O)ccc2c3ccc(O)cc3c3ccccc3c12. The average molecular weight is 346 g/mol. The number of benzene rings is 4. The van der Waals surface area contributed by atoms with Gasteiger partial charge in [0, 0.05) is 5.39 Å². The largest absolute Gasteiger partial charge is 0.508 e. The van der Waals surface area contributed by atoms with Gasteiger partial charge in [0.1, 0.15) is 5.75 Å². The second-order valence-corrected chi connectivity index (χ2v) is 6.67. The lowest BCUT2D eigenvalue weighted by molar-refractivity contribution is 0.294. The Morgan fingerprint density at radius 2 is 1.46 bits per heavy atom. The quantitative estimate of drug-likeness (QED) is 0.338. The van der Waals surface area contributed by atoms with Crippen LogP contribution in [0.2, 0.25) is 0 Å². The molecule has 3 nitrogen and oxygen atoms in total. The molecule has 0 fully saturated rings. The van der Waals surface area contributed by atoms with Crippen molar-refractivity contribution < 1.29 is 14.9 Å². The highest BCUT2D eigenvalue weighted by Crippen LogP contribution is 2.44. The zero-order valence-corrected chi connectivity index (χ0v) is 14.8. The number of hydrogen-bond donors (Lipinski definition) is 2. The number of fused-ring (bicyclic) bond motifs is 6. The zero-order chi connectivity index (χ0) is 18.1. The Kier molecular flexibility index (Phi) is 4.29. The van der Waals surface area contributed by atoms with E-state index in [4.69, 9.17) is 4.74 Å². The molecule has 0 unspecified atom stereocenters. The molecular formula is C23H22O3. The monoisotopic (exact) mass is 346 g/mol. The van der Waals surface area contributed by atoms with Gasteiger partial charge in [0.15, 0.2) is 11.5 Å². The van der Waals surface area contributed by atoms with Crippen molar-refractivity contribution in [2.24, 2.45) is 0 Å². The van der Waals surface area contributed by atoms with Gasteiger partial charge in [0.05, 0.1) is 6.61 Å². The van der Waals surface area contributed by atoms with E-state index in [0.717, 1.165) is 51.6 Å². The number of aromatic hydroxyl groups is 2. The van der Waals surface area contributed by atoms with Gasteiger partial charge in [-0.3, -0.25) is 0 Å². The van der Waals surface area contributed by atoms with Crippen molar-refractivity contribution in [3.05, 3.63) is 54.6 Å². The first kappa shape index (κ1) is 16.5. The second kappa shape index (κ2) is 6.75. The van der Waals surface area contributed by atoms with Crippen LogP contribution in [-0.2, 0) is 0 Å². The lowest BCUT2D eigenvalue weighted by Gasteiger charge is -2.16. The summed E-state index contributed by atoms with van der Waals surface area (Å²) in [6.45, 7) is 2.74. The molecule has 0 spiro atoms. The van der Waals surface area contributed by atoms with Gasteiger partial charge < -0.3 is 14.9 Å². The van der Waals surface area contributed by atoms with E-state index in [0.29, 0.717) is 12.4 Å². The number of rotatable bonds is 5. The number of hydrogen-bond acceptors (Lipinski definition) is 3. The number of phenols is 2. The Labute approximate surface area is 152 Å². The van der Waals surface area contributed by atoms with Crippen molar-refractivity contribution in [2.45, 2.75) is 26.2 Å². The Morgan fingerprint density at radius 3 is 2.27 bits per heavy atom. The van der Waals surface area contributed by atoms with E-state index in [2.05, 4.69) is 6.92 Å². The highest BCUT2D eigenvalue weighted by atomic mass is 16.5. The van der Waals surface area contributed by atoms with Crippen LogP contribution in [0.1, 0.15) is 26.2 Å². The topological polar surface area (TPSA) is 49.7 Å². The van der Waals surface area contributed by atoms with Crippen LogP contribution >= 0.6 is 0 Å². The smallest absolute Gasteiger partial charge is 0.169 e. The molecule has 4 aromatic rings. The molecule has 4 aromatic carbocycles. The van der Waals surface area contributed by atoms with Crippen LogP contribution in [0.25, 0.3) is 32.3 Å². The third kappa shape index (κ3) is 2.70. The zero-order valence-electron chi connectivity index (χ0n) is 14.8. The fourth-order valence-corrected chi connectivity index (χ4v) is 3.66. The fourth-order valence-electron chi connectivity index (χ4n) is 3.66. The Bertz CT molecular complexity index is 1080. The van der Waals surface area contributed by atoms with Crippen LogP contribution < -0.4 is 4.74 Å². The molecular weight excluding hydrogens is 324 g/mol. The Balaban J connectivity index is 2.05. The van der Waals surface area contributed by atoms with E-state index < -0.39 is 0 Å². The van der Waals surface area contributed by atoms with Gasteiger partial charge in [-0.25, -0.2) is 0 Å². The average Bonchev–Trinajstić information content (AvgIpc) is 2.66. The van der Waals surface area contributed by atoms with Crippen LogP contribution in [0.3, 0.4) is 0 Å². The van der Waals surface area contributed by atoms with E-state index in [1.807, 2.05) is 36.4 Å². The van der Waals surface area contributed by atoms with E-state index >= 15 is 0 Å². The van der Waals surface area contributed by atoms with Gasteiger partial charge in [-0.15, -0.1) is 0 Å². The standard InChI is InChI=1S/C23H22O3/c1-2-3-6-13-26-23-21(25)12-11-19-17-10-9-15(24)14-20(17)16-7-4-5-8-18(16)22(19)23/h4-5,7-12,14,24-25H,2-3,6,13H2,1H3. The first-order chi connectivity index (χ1) is 12.7. The summed E-state index contributed by atoms with van der Waals surface area (Å²) in [4.78, 5) is 0. The third-order valence-electron chi connectivity index (χ3n) is 4.91. The lowest BCUT2D eigenvalue weighted by atomic mass is 9.93. The molecule has 3 heteroatoms. The predicted molar refractivity (Wildman–Crippen MR) is 107 cm³/mol. The first-order valence-electron chi connectivity index (χ1n) is 9.12. The van der Waals surface area contributed by atoms with Crippen LogP contribution in [0.15, 0.2) is 54.6 Å². The summed E-state index contributed by atoms with van der Waals surface area (Å²) in [7, 11) is 0. The van der Waals surface area contributed by atoms with Gasteiger partial charge >= 0.3 is 0 Å². The summed E-state index contributed by atoms with van der Waals surface area (Å²) < 4.78 is 6.03. The minimum absolute atomic E-state index is 0.164. The molecule has 2 N–H and O–H groups in total. The molecule has 0 atom stereocenters. The third-order valence-corrected chi connectivity index (χ3v) is 4.91. The molecule has 0 radical (unpaired) electrons. The van der Waals surface area contributed by atoms with Crippen molar-refractivity contribution in [2.75, 3.05) is 6.61 Å². The molecule has 0 aromatic heterocycles. The first-order valence-corrected chi connectivity index (χ1v) is 9.12. The van der Waals surface area contributed by atoms with Gasteiger partial charge in [0.25, 0.3) is 0 Å². The highest BCUT2D eigenvalue weighted by molar-refractivity contribution is 6.27. The van der Waals surface area contributed by atoms with E-state index in [1.54, 1.807) is 18.2 Å². The van der Waals surface area contributed by atoms with Crippen molar-refractivity contribution in [3.8, 4) is 17.2 Å². The predicted octanol–water partition coefficient (Wildman–Crippen LogP) is 6.13. The van der Waals surface area contributed by atoms with E-state index in [9.17, 15) is 10.2 Å². The summed E-state index contributed by atoms with van der Waals surface area (Å²) in [6, 6.07) is 17.1. The maximum Gasteiger partial charge on any atom is 0.169 e. The van der Waals surface area contributed by atoms with Crippen molar-refractivity contribution in [1.29, 1.82) is 0 Å². The fraction of sp³-hybridized carbons (Fsp3) is 0.217. The van der Waals surface area contributed by atoms with Gasteiger partial charge in [-0.2, -0.15) is 0 Å². The van der Waals surface area contributed by atoms with Crippen molar-refractivity contribution in [3.63, 3.8) is 0 Å². The summed E-state index contributed by atoms with van der Waals surface area (Å²) >= 11 is 0. The van der Waals surface area contributed by atoms with Crippen LogP contribution in [0.5, 0.6) is 17.2 Å². The molecule has 26 heavy (non-hydrogen) atoms. The number of ether oxygens (including phenoxy) is 1. The number of phenolic OH excluding ortho intramolecular Hbond substituents is 2. The molecule has 0 aliphatic rings. The molecule has 0 amide bonds. The minimum Gasteiger partial charge on any atom is -0.508 e. The molecule has 0 heterocycles. The Hall–Kier alpha value is -2.94. The lowest BCUT2D eigenvalue weighted by Crippen LogP contribution is -1.98. The maximum atomic E-state index is 10.5. The normalized spacial score (nSPS) is 11.4. The summed E-state index contributed by atoms with van der Waals surface area (Å²) in [5.41, 5.74) is 0. The molecule has 0 bridgehead atoms. The molecule has 0 aliphatic carbocycles.